The Bertz CT molecular complexity index is 1090. The van der Waals surface area contributed by atoms with Crippen LogP contribution in [-0.2, 0) is 10.0 Å². The average molecular weight is 457 g/mol. The lowest BCUT2D eigenvalue weighted by Crippen LogP contribution is -2.30. The third-order valence-corrected chi connectivity index (χ3v) is 4.50. The van der Waals surface area contributed by atoms with Crippen molar-refractivity contribution >= 4 is 44.6 Å². The summed E-state index contributed by atoms with van der Waals surface area (Å²) in [5.41, 5.74) is 0.325. The molecule has 1 aromatic carbocycles. The molecule has 8 nitrogen and oxygen atoms in total. The van der Waals surface area contributed by atoms with Gasteiger partial charge < -0.3 is 15.5 Å². The highest BCUT2D eigenvalue weighted by Crippen LogP contribution is 2.29. The Balaban J connectivity index is 2.36. The van der Waals surface area contributed by atoms with Crippen molar-refractivity contribution in [3.05, 3.63) is 46.4 Å². The van der Waals surface area contributed by atoms with E-state index in [-0.39, 0.29) is 27.9 Å². The molecular formula is C19H22ClFN4O4S. The van der Waals surface area contributed by atoms with Crippen LogP contribution in [0, 0.1) is 17.1 Å². The molecule has 1 amide bonds. The second-order valence-corrected chi connectivity index (χ2v) is 9.20. The maximum Gasteiger partial charge on any atom is 0.267 e. The van der Waals surface area contributed by atoms with E-state index >= 15 is 0 Å². The standard InChI is InChI=1S/C19H22ClFN4O4S/c1-10(2)9-29-19-15(20)5-12(8-23-19)24-17-7-16(21)14(6-13(17)11(3)22)18(26)25-30(4,27)28/h5-8,10,22,24H,9H2,1-4H3,(H,25,26). The summed E-state index contributed by atoms with van der Waals surface area (Å²) in [4.78, 5) is 16.2. The summed E-state index contributed by atoms with van der Waals surface area (Å²) in [6, 6.07) is 3.65. The van der Waals surface area contributed by atoms with E-state index < -0.39 is 27.3 Å². The van der Waals surface area contributed by atoms with E-state index in [2.05, 4.69) is 10.3 Å². The molecule has 0 aliphatic heterocycles. The lowest BCUT2D eigenvalue weighted by molar-refractivity contribution is 0.0978. The van der Waals surface area contributed by atoms with Gasteiger partial charge in [-0.15, -0.1) is 0 Å². The van der Waals surface area contributed by atoms with E-state index in [9.17, 15) is 17.6 Å². The number of amides is 1. The molecule has 2 rings (SSSR count). The van der Waals surface area contributed by atoms with Crippen molar-refractivity contribution in [3.63, 3.8) is 0 Å². The van der Waals surface area contributed by atoms with Gasteiger partial charge in [-0.1, -0.05) is 25.4 Å². The van der Waals surface area contributed by atoms with Crippen LogP contribution in [0.4, 0.5) is 15.8 Å². The van der Waals surface area contributed by atoms with E-state index in [1.807, 2.05) is 13.8 Å². The van der Waals surface area contributed by atoms with Crippen LogP contribution in [0.5, 0.6) is 5.88 Å². The molecule has 1 heterocycles. The van der Waals surface area contributed by atoms with Crippen molar-refractivity contribution < 1.29 is 22.3 Å². The van der Waals surface area contributed by atoms with Gasteiger partial charge in [0, 0.05) is 11.3 Å². The molecule has 0 bridgehead atoms. The number of aromatic nitrogens is 1. The van der Waals surface area contributed by atoms with Crippen molar-refractivity contribution in [1.29, 1.82) is 5.41 Å². The van der Waals surface area contributed by atoms with E-state index in [4.69, 9.17) is 21.7 Å². The van der Waals surface area contributed by atoms with Gasteiger partial charge in [0.25, 0.3) is 5.91 Å². The summed E-state index contributed by atoms with van der Waals surface area (Å²) in [5, 5.41) is 11.1. The Hall–Kier alpha value is -2.72. The van der Waals surface area contributed by atoms with E-state index in [1.165, 1.54) is 19.2 Å². The topological polar surface area (TPSA) is 121 Å². The average Bonchev–Trinajstić information content (AvgIpc) is 2.59. The van der Waals surface area contributed by atoms with Gasteiger partial charge in [-0.05, 0) is 31.0 Å². The van der Waals surface area contributed by atoms with Crippen LogP contribution in [-0.4, -0.2) is 37.9 Å². The van der Waals surface area contributed by atoms with Crippen LogP contribution >= 0.6 is 11.6 Å². The Morgan fingerprint density at radius 2 is 1.97 bits per heavy atom. The molecule has 0 radical (unpaired) electrons. The molecule has 0 fully saturated rings. The smallest absolute Gasteiger partial charge is 0.267 e. The molecule has 30 heavy (non-hydrogen) atoms. The van der Waals surface area contributed by atoms with Crippen LogP contribution in [0.1, 0.15) is 36.7 Å². The molecule has 2 aromatic rings. The highest BCUT2D eigenvalue weighted by Gasteiger charge is 2.20. The molecule has 0 saturated carbocycles. The third kappa shape index (κ3) is 6.39. The lowest BCUT2D eigenvalue weighted by atomic mass is 10.0. The van der Waals surface area contributed by atoms with Gasteiger partial charge in [-0.3, -0.25) is 4.79 Å². The largest absolute Gasteiger partial charge is 0.476 e. The Kier molecular flexibility index (Phi) is 7.38. The molecule has 0 spiro atoms. The quantitative estimate of drug-likeness (QED) is 0.520. The van der Waals surface area contributed by atoms with Crippen molar-refractivity contribution in [3.8, 4) is 5.88 Å². The monoisotopic (exact) mass is 456 g/mol. The molecule has 0 saturated heterocycles. The van der Waals surface area contributed by atoms with Gasteiger partial charge in [0.05, 0.1) is 36.0 Å². The number of nitrogens with one attached hydrogen (secondary N) is 3. The first kappa shape index (κ1) is 23.6. The number of halogens is 2. The summed E-state index contributed by atoms with van der Waals surface area (Å²) >= 11 is 6.19. The fourth-order valence-electron chi connectivity index (χ4n) is 2.39. The predicted molar refractivity (Wildman–Crippen MR) is 114 cm³/mol. The van der Waals surface area contributed by atoms with Crippen LogP contribution in [0.2, 0.25) is 5.02 Å². The van der Waals surface area contributed by atoms with Crippen molar-refractivity contribution in [2.45, 2.75) is 20.8 Å². The number of nitrogens with zero attached hydrogens (tertiary/aromatic N) is 1. The van der Waals surface area contributed by atoms with Gasteiger partial charge in [0.2, 0.25) is 15.9 Å². The predicted octanol–water partition coefficient (Wildman–Crippen LogP) is 3.73. The molecule has 11 heteroatoms. The van der Waals surface area contributed by atoms with Crippen LogP contribution in [0.3, 0.4) is 0 Å². The summed E-state index contributed by atoms with van der Waals surface area (Å²) in [6.07, 6.45) is 2.22. The van der Waals surface area contributed by atoms with E-state index in [0.29, 0.717) is 18.2 Å². The Labute approximate surface area is 179 Å². The first-order valence-corrected chi connectivity index (χ1v) is 11.1. The van der Waals surface area contributed by atoms with Crippen LogP contribution in [0.25, 0.3) is 0 Å². The number of anilines is 2. The second kappa shape index (κ2) is 9.40. The molecule has 0 aliphatic carbocycles. The highest BCUT2D eigenvalue weighted by molar-refractivity contribution is 7.89. The van der Waals surface area contributed by atoms with Crippen molar-refractivity contribution in [2.24, 2.45) is 5.92 Å². The Morgan fingerprint density at radius 3 is 2.50 bits per heavy atom. The maximum atomic E-state index is 14.5. The van der Waals surface area contributed by atoms with Crippen molar-refractivity contribution in [1.82, 2.24) is 9.71 Å². The number of carbonyl (C=O) groups is 1. The number of hydrogen-bond donors (Lipinski definition) is 3. The minimum absolute atomic E-state index is 0.0295. The maximum absolute atomic E-state index is 14.5. The zero-order valence-corrected chi connectivity index (χ0v) is 18.4. The number of hydrogen-bond acceptors (Lipinski definition) is 7. The fraction of sp³-hybridized carbons (Fsp3) is 0.316. The number of rotatable bonds is 8. The Morgan fingerprint density at radius 1 is 1.30 bits per heavy atom. The van der Waals surface area contributed by atoms with E-state index in [1.54, 1.807) is 4.72 Å². The first-order chi connectivity index (χ1) is 13.9. The zero-order chi connectivity index (χ0) is 22.6. The van der Waals surface area contributed by atoms with Gasteiger partial charge in [-0.2, -0.15) is 0 Å². The van der Waals surface area contributed by atoms with Crippen LogP contribution < -0.4 is 14.8 Å². The minimum Gasteiger partial charge on any atom is -0.476 e. The lowest BCUT2D eigenvalue weighted by Gasteiger charge is -2.15. The number of carbonyl (C=O) groups excluding carboxylic acids is 1. The minimum atomic E-state index is -3.87. The molecule has 162 valence electrons. The SMILES string of the molecule is CC(=N)c1cc(C(=O)NS(C)(=O)=O)c(F)cc1Nc1cnc(OCC(C)C)c(Cl)c1. The summed E-state index contributed by atoms with van der Waals surface area (Å²) in [5.74, 6) is -1.53. The fourth-order valence-corrected chi connectivity index (χ4v) is 3.05. The summed E-state index contributed by atoms with van der Waals surface area (Å²) in [6.45, 7) is 5.86. The normalized spacial score (nSPS) is 11.3. The molecule has 3 N–H and O–H groups in total. The van der Waals surface area contributed by atoms with Crippen molar-refractivity contribution in [2.75, 3.05) is 18.2 Å². The number of sulfonamides is 1. The zero-order valence-electron chi connectivity index (χ0n) is 16.8. The summed E-state index contributed by atoms with van der Waals surface area (Å²) in [7, 11) is -3.87. The molecule has 0 unspecified atom stereocenters. The number of ether oxygens (including phenoxy) is 1. The third-order valence-electron chi connectivity index (χ3n) is 3.67. The van der Waals surface area contributed by atoms with E-state index in [0.717, 1.165) is 18.4 Å². The van der Waals surface area contributed by atoms with Gasteiger partial charge in [0.1, 0.15) is 10.8 Å². The van der Waals surface area contributed by atoms with Crippen LogP contribution in [0.15, 0.2) is 24.4 Å². The molecular weight excluding hydrogens is 435 g/mol. The first-order valence-electron chi connectivity index (χ1n) is 8.84. The molecule has 0 atom stereocenters. The molecule has 1 aromatic heterocycles. The van der Waals surface area contributed by atoms with Gasteiger partial charge in [0.15, 0.2) is 0 Å². The second-order valence-electron chi connectivity index (χ2n) is 7.05. The summed E-state index contributed by atoms with van der Waals surface area (Å²) < 4.78 is 44.2. The number of benzene rings is 1. The number of pyridine rings is 1. The molecule has 0 aliphatic rings. The van der Waals surface area contributed by atoms with Gasteiger partial charge >= 0.3 is 0 Å². The highest BCUT2D eigenvalue weighted by atomic mass is 35.5. The van der Waals surface area contributed by atoms with Gasteiger partial charge in [-0.25, -0.2) is 22.5 Å².